The van der Waals surface area contributed by atoms with E-state index in [2.05, 4.69) is 23.8 Å². The average Bonchev–Trinajstić information content (AvgIpc) is 2.34. The lowest BCUT2D eigenvalue weighted by molar-refractivity contribution is -0.120. The molecule has 2 rings (SSSR count). The monoisotopic (exact) mass is 238 g/mol. The number of likely N-dealkylation sites (N-methyl/N-ethyl adjacent to an activating group) is 1. The minimum Gasteiger partial charge on any atom is -0.304 e. The Morgan fingerprint density at radius 1 is 1.24 bits per heavy atom. The highest BCUT2D eigenvalue weighted by Crippen LogP contribution is 2.35. The molecule has 1 aliphatic carbocycles. The van der Waals surface area contributed by atoms with Gasteiger partial charge >= 0.3 is 0 Å². The predicted octanol–water partition coefficient (Wildman–Crippen LogP) is 1.77. The van der Waals surface area contributed by atoms with Crippen LogP contribution in [0.3, 0.4) is 0 Å². The van der Waals surface area contributed by atoms with E-state index in [-0.39, 0.29) is 5.41 Å². The van der Waals surface area contributed by atoms with Crippen LogP contribution in [0, 0.1) is 5.41 Å². The molecule has 3 nitrogen and oxygen atoms in total. The lowest BCUT2D eigenvalue weighted by Crippen LogP contribution is -2.54. The maximum Gasteiger partial charge on any atom is 0.127 e. The van der Waals surface area contributed by atoms with Gasteiger partial charge in [0.1, 0.15) is 6.29 Å². The standard InChI is InChI=1S/C14H26N2O/c1-13-10-15(2)8-9-16(13)11-14(12-17)6-4-3-5-7-14/h12-13H,3-11H2,1-2H3. The smallest absolute Gasteiger partial charge is 0.127 e. The molecule has 1 atom stereocenters. The molecule has 0 radical (unpaired) electrons. The molecule has 17 heavy (non-hydrogen) atoms. The summed E-state index contributed by atoms with van der Waals surface area (Å²) in [5.41, 5.74) is -0.0254. The maximum absolute atomic E-state index is 11.5. The Morgan fingerprint density at radius 2 is 1.94 bits per heavy atom. The molecule has 1 saturated carbocycles. The molecule has 1 saturated heterocycles. The quantitative estimate of drug-likeness (QED) is 0.700. The van der Waals surface area contributed by atoms with Gasteiger partial charge in [0.2, 0.25) is 0 Å². The van der Waals surface area contributed by atoms with Crippen molar-refractivity contribution in [1.29, 1.82) is 0 Å². The average molecular weight is 238 g/mol. The van der Waals surface area contributed by atoms with Gasteiger partial charge in [-0.2, -0.15) is 0 Å². The summed E-state index contributed by atoms with van der Waals surface area (Å²) in [7, 11) is 2.18. The summed E-state index contributed by atoms with van der Waals surface area (Å²) in [6.45, 7) is 6.67. The van der Waals surface area contributed by atoms with Crippen LogP contribution >= 0.6 is 0 Å². The van der Waals surface area contributed by atoms with E-state index in [1.807, 2.05) is 0 Å². The van der Waals surface area contributed by atoms with Gasteiger partial charge in [-0.25, -0.2) is 0 Å². The molecule has 0 amide bonds. The van der Waals surface area contributed by atoms with Crippen molar-refractivity contribution in [2.45, 2.75) is 45.1 Å². The molecule has 0 spiro atoms. The molecule has 2 aliphatic rings. The van der Waals surface area contributed by atoms with E-state index in [0.29, 0.717) is 6.04 Å². The Kier molecular flexibility index (Phi) is 4.21. The molecular formula is C14H26N2O. The lowest BCUT2D eigenvalue weighted by atomic mass is 9.74. The molecule has 0 aromatic rings. The molecule has 0 N–H and O–H groups in total. The SMILES string of the molecule is CC1CN(C)CCN1CC1(C=O)CCCCC1. The van der Waals surface area contributed by atoms with Gasteiger partial charge in [0, 0.05) is 37.6 Å². The number of carbonyl (C=O) groups excluding carboxylic acids is 1. The van der Waals surface area contributed by atoms with Gasteiger partial charge in [-0.05, 0) is 26.8 Å². The molecule has 0 aromatic heterocycles. The fraction of sp³-hybridized carbons (Fsp3) is 0.929. The zero-order valence-corrected chi connectivity index (χ0v) is 11.3. The fourth-order valence-electron chi connectivity index (χ4n) is 3.39. The van der Waals surface area contributed by atoms with Crippen LogP contribution in [0.25, 0.3) is 0 Å². The summed E-state index contributed by atoms with van der Waals surface area (Å²) in [4.78, 5) is 16.4. The number of hydrogen-bond acceptors (Lipinski definition) is 3. The molecule has 0 aromatic carbocycles. The van der Waals surface area contributed by atoms with Crippen molar-refractivity contribution < 1.29 is 4.79 Å². The van der Waals surface area contributed by atoms with Gasteiger partial charge in [-0.15, -0.1) is 0 Å². The second-order valence-corrected chi connectivity index (χ2v) is 6.12. The number of nitrogens with zero attached hydrogens (tertiary/aromatic N) is 2. The number of aldehydes is 1. The van der Waals surface area contributed by atoms with Crippen molar-refractivity contribution in [3.8, 4) is 0 Å². The second kappa shape index (κ2) is 5.49. The summed E-state index contributed by atoms with van der Waals surface area (Å²) in [6, 6.07) is 0.590. The van der Waals surface area contributed by atoms with Gasteiger partial charge in [0.15, 0.2) is 0 Å². The molecule has 0 bridgehead atoms. The minimum absolute atomic E-state index is 0.0254. The Hall–Kier alpha value is -0.410. The molecule has 2 fully saturated rings. The van der Waals surface area contributed by atoms with Crippen LogP contribution in [0.1, 0.15) is 39.0 Å². The van der Waals surface area contributed by atoms with Crippen LogP contribution in [0.4, 0.5) is 0 Å². The molecule has 1 unspecified atom stereocenters. The highest BCUT2D eigenvalue weighted by atomic mass is 16.1. The van der Waals surface area contributed by atoms with Gasteiger partial charge in [-0.3, -0.25) is 4.90 Å². The van der Waals surface area contributed by atoms with Crippen LogP contribution in [0.5, 0.6) is 0 Å². The molecule has 1 heterocycles. The molecule has 3 heteroatoms. The number of hydrogen-bond donors (Lipinski definition) is 0. The third kappa shape index (κ3) is 3.08. The van der Waals surface area contributed by atoms with E-state index in [4.69, 9.17) is 0 Å². The summed E-state index contributed by atoms with van der Waals surface area (Å²) >= 11 is 0. The van der Waals surface area contributed by atoms with Gasteiger partial charge in [0.25, 0.3) is 0 Å². The Labute approximate surface area is 105 Å². The Bertz CT molecular complexity index is 261. The highest BCUT2D eigenvalue weighted by molar-refractivity contribution is 5.60. The van der Waals surface area contributed by atoms with Crippen LogP contribution < -0.4 is 0 Å². The number of piperazine rings is 1. The first kappa shape index (κ1) is 13.0. The first-order valence-corrected chi connectivity index (χ1v) is 7.04. The highest BCUT2D eigenvalue weighted by Gasteiger charge is 2.35. The molecule has 98 valence electrons. The van der Waals surface area contributed by atoms with Crippen LogP contribution in [0.15, 0.2) is 0 Å². The van der Waals surface area contributed by atoms with Crippen molar-refractivity contribution in [2.75, 3.05) is 33.2 Å². The lowest BCUT2D eigenvalue weighted by Gasteiger charge is -2.43. The second-order valence-electron chi connectivity index (χ2n) is 6.12. The van der Waals surface area contributed by atoms with E-state index in [1.54, 1.807) is 0 Å². The largest absolute Gasteiger partial charge is 0.304 e. The van der Waals surface area contributed by atoms with Crippen molar-refractivity contribution in [3.05, 3.63) is 0 Å². The molecule has 1 aliphatic heterocycles. The normalized spacial score (nSPS) is 31.3. The summed E-state index contributed by atoms with van der Waals surface area (Å²) in [5.74, 6) is 0. The van der Waals surface area contributed by atoms with Crippen molar-refractivity contribution in [2.24, 2.45) is 5.41 Å². The predicted molar refractivity (Wildman–Crippen MR) is 70.1 cm³/mol. The summed E-state index contributed by atoms with van der Waals surface area (Å²) < 4.78 is 0. The van der Waals surface area contributed by atoms with E-state index in [1.165, 1.54) is 25.5 Å². The van der Waals surface area contributed by atoms with Crippen molar-refractivity contribution in [3.63, 3.8) is 0 Å². The van der Waals surface area contributed by atoms with Crippen molar-refractivity contribution in [1.82, 2.24) is 9.80 Å². The fourth-order valence-corrected chi connectivity index (χ4v) is 3.39. The zero-order valence-electron chi connectivity index (χ0n) is 11.3. The Balaban J connectivity index is 1.96. The summed E-state index contributed by atoms with van der Waals surface area (Å²) in [6.07, 6.45) is 7.26. The first-order chi connectivity index (χ1) is 8.15. The van der Waals surface area contributed by atoms with E-state index in [0.717, 1.165) is 39.0 Å². The first-order valence-electron chi connectivity index (χ1n) is 7.04. The zero-order chi connectivity index (χ0) is 12.3. The number of rotatable bonds is 3. The van der Waals surface area contributed by atoms with E-state index >= 15 is 0 Å². The molecular weight excluding hydrogens is 212 g/mol. The maximum atomic E-state index is 11.5. The van der Waals surface area contributed by atoms with Gasteiger partial charge in [0.05, 0.1) is 0 Å². The van der Waals surface area contributed by atoms with Crippen molar-refractivity contribution >= 4 is 6.29 Å². The van der Waals surface area contributed by atoms with Gasteiger partial charge in [-0.1, -0.05) is 19.3 Å². The third-order valence-corrected chi connectivity index (χ3v) is 4.59. The minimum atomic E-state index is -0.0254. The van der Waals surface area contributed by atoms with E-state index < -0.39 is 0 Å². The van der Waals surface area contributed by atoms with E-state index in [9.17, 15) is 4.79 Å². The van der Waals surface area contributed by atoms with Crippen LogP contribution in [0.2, 0.25) is 0 Å². The van der Waals surface area contributed by atoms with Crippen LogP contribution in [-0.2, 0) is 4.79 Å². The van der Waals surface area contributed by atoms with Crippen LogP contribution in [-0.4, -0.2) is 55.4 Å². The topological polar surface area (TPSA) is 23.6 Å². The third-order valence-electron chi connectivity index (χ3n) is 4.59. The number of carbonyl (C=O) groups is 1. The van der Waals surface area contributed by atoms with Gasteiger partial charge < -0.3 is 9.69 Å². The summed E-state index contributed by atoms with van der Waals surface area (Å²) in [5, 5.41) is 0. The Morgan fingerprint density at radius 3 is 2.53 bits per heavy atom.